The van der Waals surface area contributed by atoms with E-state index in [4.69, 9.17) is 9.10 Å². The van der Waals surface area contributed by atoms with E-state index in [0.29, 0.717) is 5.56 Å². The monoisotopic (exact) mass is 870 g/mol. The van der Waals surface area contributed by atoms with Crippen LogP contribution in [0.25, 0.3) is 42.6 Å². The number of aromatic nitrogens is 1. The first-order valence-corrected chi connectivity index (χ1v) is 18.6. The van der Waals surface area contributed by atoms with Gasteiger partial charge in [-0.2, -0.15) is 0 Å². The molecule has 0 spiro atoms. The number of thiophene rings is 1. The molecule has 1 radical (unpaired) electrons. The van der Waals surface area contributed by atoms with E-state index in [1.807, 2.05) is 52.0 Å². The molecule has 5 rings (SSSR count). The van der Waals surface area contributed by atoms with Gasteiger partial charge in [0.15, 0.2) is 5.78 Å². The van der Waals surface area contributed by atoms with Gasteiger partial charge in [-0.05, 0) is 71.5 Å². The van der Waals surface area contributed by atoms with Crippen molar-refractivity contribution in [2.75, 3.05) is 0 Å². The number of aryl methyl sites for hydroxylation is 1. The average molecular weight is 870 g/mol. The van der Waals surface area contributed by atoms with Crippen molar-refractivity contribution in [3.05, 3.63) is 101 Å². The number of hydrogen-bond donors (Lipinski definition) is 1. The summed E-state index contributed by atoms with van der Waals surface area (Å²) < 4.78 is 26.1. The van der Waals surface area contributed by atoms with Gasteiger partial charge in [-0.1, -0.05) is 123 Å². The van der Waals surface area contributed by atoms with E-state index in [-0.39, 0.29) is 54.3 Å². The Morgan fingerprint density at radius 3 is 2.06 bits per heavy atom. The van der Waals surface area contributed by atoms with Crippen LogP contribution in [0, 0.1) is 24.8 Å². The third-order valence-electron chi connectivity index (χ3n) is 9.54. The van der Waals surface area contributed by atoms with Crippen LogP contribution in [0.5, 0.6) is 0 Å². The molecule has 0 fully saturated rings. The number of hydrogen-bond acceptors (Lipinski definition) is 4. The summed E-state index contributed by atoms with van der Waals surface area (Å²) in [6.45, 7) is 19.0. The standard InChI is InChI=1S/C32H32NS.C13H24O2.Ir/c1-20-25-16-17-33-28(23-18-22-10-8-9-11-26(22)27(19-23)32(5,6)7)30(25)34-29(20)21-12-14-24(15-13-21)31(2,3)4;1-5-10(6-2)12(14)9-13(15)11(7-3)8-4;/h8-17,19H,1-7H3;9-11,14H,5-8H2,1-4H3;/q-1;;/b;12-9-;/i1D3;;. The predicted octanol–water partition coefficient (Wildman–Crippen LogP) is 13.4. The molecule has 3 aromatic carbocycles. The van der Waals surface area contributed by atoms with Crippen LogP contribution in [-0.4, -0.2) is 15.9 Å². The first kappa shape index (κ1) is 36.7. The van der Waals surface area contributed by atoms with Gasteiger partial charge in [0.05, 0.1) is 5.76 Å². The maximum atomic E-state index is 11.7. The fourth-order valence-corrected chi connectivity index (χ4v) is 7.51. The molecule has 0 amide bonds. The molecule has 50 heavy (non-hydrogen) atoms. The fraction of sp³-hybridized carbons (Fsp3) is 0.422. The molecule has 2 heterocycles. The normalized spacial score (nSPS) is 13.4. The first-order valence-electron chi connectivity index (χ1n) is 19.3. The number of pyridine rings is 1. The molecule has 269 valence electrons. The number of aliphatic hydroxyl groups excluding tert-OH is 1. The van der Waals surface area contributed by atoms with Crippen molar-refractivity contribution in [3.63, 3.8) is 0 Å². The predicted molar refractivity (Wildman–Crippen MR) is 213 cm³/mol. The maximum Gasteiger partial charge on any atom is 0.162 e. The van der Waals surface area contributed by atoms with Gasteiger partial charge in [-0.25, -0.2) is 0 Å². The Morgan fingerprint density at radius 2 is 1.50 bits per heavy atom. The summed E-state index contributed by atoms with van der Waals surface area (Å²) in [4.78, 5) is 17.3. The van der Waals surface area contributed by atoms with Crippen molar-refractivity contribution in [1.82, 2.24) is 4.98 Å². The summed E-state index contributed by atoms with van der Waals surface area (Å²) >= 11 is 1.51. The van der Waals surface area contributed by atoms with Crippen LogP contribution in [0.15, 0.2) is 78.7 Å². The number of ketones is 1. The number of carbonyl (C=O) groups is 1. The molecule has 1 N–H and O–H groups in total. The molecule has 0 aliphatic heterocycles. The first-order chi connectivity index (χ1) is 24.3. The summed E-state index contributed by atoms with van der Waals surface area (Å²) in [7, 11) is 0. The van der Waals surface area contributed by atoms with Crippen LogP contribution < -0.4 is 0 Å². The van der Waals surface area contributed by atoms with Gasteiger partial charge >= 0.3 is 0 Å². The van der Waals surface area contributed by atoms with Gasteiger partial charge in [0.25, 0.3) is 0 Å². The zero-order chi connectivity index (χ0) is 38.6. The van der Waals surface area contributed by atoms with Crippen molar-refractivity contribution in [2.24, 2.45) is 11.8 Å². The third-order valence-corrected chi connectivity index (χ3v) is 10.8. The second-order valence-corrected chi connectivity index (χ2v) is 16.1. The Morgan fingerprint density at radius 1 is 0.880 bits per heavy atom. The summed E-state index contributed by atoms with van der Waals surface area (Å²) in [6.07, 6.45) is 6.63. The Bertz CT molecular complexity index is 2020. The van der Waals surface area contributed by atoms with E-state index in [9.17, 15) is 9.90 Å². The molecule has 0 aliphatic carbocycles. The van der Waals surface area contributed by atoms with Crippen LogP contribution in [-0.2, 0) is 35.7 Å². The summed E-state index contributed by atoms with van der Waals surface area (Å²) in [5.74, 6) is 0.547. The Balaban J connectivity index is 0.000000403. The van der Waals surface area contributed by atoms with Crippen molar-refractivity contribution >= 4 is 38.0 Å². The van der Waals surface area contributed by atoms with Gasteiger partial charge in [-0.15, -0.1) is 40.5 Å². The second-order valence-electron chi connectivity index (χ2n) is 15.1. The molecule has 0 saturated carbocycles. The minimum atomic E-state index is -2.25. The summed E-state index contributed by atoms with van der Waals surface area (Å²) in [6, 6.07) is 24.2. The molecular formula is C45H56IrNO2S-. The van der Waals surface area contributed by atoms with Gasteiger partial charge in [-0.3, -0.25) is 9.78 Å². The van der Waals surface area contributed by atoms with Crippen molar-refractivity contribution in [1.29, 1.82) is 0 Å². The number of benzene rings is 3. The van der Waals surface area contributed by atoms with Crippen molar-refractivity contribution in [2.45, 2.75) is 113 Å². The molecule has 0 aliphatic rings. The molecule has 5 aromatic rings. The molecule has 5 heteroatoms. The van der Waals surface area contributed by atoms with E-state index in [2.05, 4.69) is 84.0 Å². The zero-order valence-electron chi connectivity index (χ0n) is 34.5. The number of nitrogens with zero attached hydrogens (tertiary/aromatic N) is 1. The Kier molecular flexibility index (Phi) is 12.8. The number of fused-ring (bicyclic) bond motifs is 2. The fourth-order valence-electron chi connectivity index (χ4n) is 6.30. The number of allylic oxidation sites excluding steroid dienone is 2. The maximum absolute atomic E-state index is 11.7. The number of rotatable bonds is 9. The van der Waals surface area contributed by atoms with Crippen LogP contribution in [0.1, 0.15) is 116 Å². The van der Waals surface area contributed by atoms with E-state index in [0.717, 1.165) is 62.9 Å². The SMILES string of the molecule is CCC(CC)C(=O)/C=C(\O)C(CC)CC.[2H]C([2H])([2H])c1c(-c2ccc(C(C)(C)C)cc2)sc2c(-c3[c-]c4ccccc4c(C(C)(C)C)c3)nccc12.[Ir]. The minimum Gasteiger partial charge on any atom is -0.512 e. The quantitative estimate of drug-likeness (QED) is 0.0912. The molecule has 2 aromatic heterocycles. The van der Waals surface area contributed by atoms with E-state index >= 15 is 0 Å². The zero-order valence-corrected chi connectivity index (χ0v) is 34.7. The van der Waals surface area contributed by atoms with Gasteiger partial charge < -0.3 is 5.11 Å². The molecule has 0 saturated heterocycles. The molecular weight excluding hydrogens is 811 g/mol. The van der Waals surface area contributed by atoms with E-state index in [1.54, 1.807) is 6.20 Å². The third kappa shape index (κ3) is 9.40. The number of aliphatic hydroxyl groups is 1. The average Bonchev–Trinajstić information content (AvgIpc) is 3.49. The topological polar surface area (TPSA) is 50.2 Å². The van der Waals surface area contributed by atoms with Crippen LogP contribution in [0.3, 0.4) is 0 Å². The van der Waals surface area contributed by atoms with Crippen LogP contribution in [0.2, 0.25) is 0 Å². The minimum absolute atomic E-state index is 0. The largest absolute Gasteiger partial charge is 0.512 e. The smallest absolute Gasteiger partial charge is 0.162 e. The van der Waals surface area contributed by atoms with Gasteiger partial charge in [0, 0.05) is 63.6 Å². The van der Waals surface area contributed by atoms with Crippen molar-refractivity contribution < 1.29 is 34.1 Å². The summed E-state index contributed by atoms with van der Waals surface area (Å²) in [5, 5.41) is 12.7. The molecule has 0 unspecified atom stereocenters. The van der Waals surface area contributed by atoms with Gasteiger partial charge in [0.1, 0.15) is 0 Å². The second kappa shape index (κ2) is 17.4. The van der Waals surface area contributed by atoms with Crippen LogP contribution >= 0.6 is 11.3 Å². The van der Waals surface area contributed by atoms with Gasteiger partial charge in [0.2, 0.25) is 0 Å². The Hall–Kier alpha value is -3.11. The van der Waals surface area contributed by atoms with E-state index < -0.39 is 6.85 Å². The summed E-state index contributed by atoms with van der Waals surface area (Å²) in [5.41, 5.74) is 5.39. The molecule has 0 atom stereocenters. The Labute approximate surface area is 323 Å². The number of carbonyl (C=O) groups excluding carboxylic acids is 1. The molecule has 3 nitrogen and oxygen atoms in total. The molecule has 0 bridgehead atoms. The van der Waals surface area contributed by atoms with E-state index in [1.165, 1.54) is 33.9 Å². The van der Waals surface area contributed by atoms with Crippen LogP contribution in [0.4, 0.5) is 0 Å². The van der Waals surface area contributed by atoms with Crippen molar-refractivity contribution in [3.8, 4) is 21.7 Å².